The lowest BCUT2D eigenvalue weighted by Crippen LogP contribution is -2.32. The molecule has 0 aromatic carbocycles. The molecule has 0 heterocycles. The molecule has 2 saturated carbocycles. The molecule has 0 nitrogen and oxygen atoms in total. The first-order valence-electron chi connectivity index (χ1n) is 4.92. The van der Waals surface area contributed by atoms with E-state index in [9.17, 15) is 0 Å². The highest BCUT2D eigenvalue weighted by molar-refractivity contribution is 4.92. The Hall–Kier alpha value is 0. The van der Waals surface area contributed by atoms with Crippen LogP contribution in [0.5, 0.6) is 0 Å². The van der Waals surface area contributed by atoms with Gasteiger partial charge in [0.05, 0.1) is 0 Å². The number of fused-ring (bicyclic) bond motifs is 1. The van der Waals surface area contributed by atoms with Crippen molar-refractivity contribution in [1.82, 2.24) is 0 Å². The summed E-state index contributed by atoms with van der Waals surface area (Å²) in [6.07, 6.45) is 9.17. The summed E-state index contributed by atoms with van der Waals surface area (Å²) in [5.41, 5.74) is 0. The second kappa shape index (κ2) is 2.56. The molecule has 1 unspecified atom stereocenters. The van der Waals surface area contributed by atoms with Gasteiger partial charge in [-0.1, -0.05) is 32.6 Å². The molecule has 3 atom stereocenters. The summed E-state index contributed by atoms with van der Waals surface area (Å²) in [6.45, 7) is 2.32. The van der Waals surface area contributed by atoms with Gasteiger partial charge in [0.2, 0.25) is 0 Å². The van der Waals surface area contributed by atoms with Gasteiger partial charge in [-0.15, -0.1) is 0 Å². The van der Waals surface area contributed by atoms with Crippen molar-refractivity contribution in [2.75, 3.05) is 0 Å². The molecule has 0 aromatic heterocycles. The zero-order valence-electron chi connectivity index (χ0n) is 6.97. The average molecular weight is 138 g/mol. The van der Waals surface area contributed by atoms with Crippen LogP contribution in [0, 0.1) is 17.8 Å². The zero-order chi connectivity index (χ0) is 6.97. The topological polar surface area (TPSA) is 0 Å². The Morgan fingerprint density at radius 3 is 2.90 bits per heavy atom. The second-order valence-electron chi connectivity index (χ2n) is 4.14. The van der Waals surface area contributed by atoms with Crippen LogP contribution in [0.25, 0.3) is 0 Å². The average Bonchev–Trinajstić information content (AvgIpc) is 2.26. The van der Waals surface area contributed by atoms with E-state index in [-0.39, 0.29) is 0 Å². The third kappa shape index (κ3) is 0.889. The largest absolute Gasteiger partial charge is 0.0654 e. The molecule has 0 bridgehead atoms. The van der Waals surface area contributed by atoms with Crippen molar-refractivity contribution >= 4 is 0 Å². The van der Waals surface area contributed by atoms with Crippen LogP contribution in [0.2, 0.25) is 0 Å². The van der Waals surface area contributed by atoms with Gasteiger partial charge in [0.1, 0.15) is 0 Å². The SMILES string of the molecule is CCCC1C[C@H]2CCC[C@@H]12. The van der Waals surface area contributed by atoms with Gasteiger partial charge in [-0.2, -0.15) is 0 Å². The van der Waals surface area contributed by atoms with Gasteiger partial charge in [0.25, 0.3) is 0 Å². The van der Waals surface area contributed by atoms with Crippen LogP contribution in [0.15, 0.2) is 0 Å². The monoisotopic (exact) mass is 138 g/mol. The van der Waals surface area contributed by atoms with E-state index in [1.165, 1.54) is 31.1 Å². The molecular formula is C10H18. The van der Waals surface area contributed by atoms with Crippen molar-refractivity contribution in [1.29, 1.82) is 0 Å². The van der Waals surface area contributed by atoms with Crippen LogP contribution >= 0.6 is 0 Å². The molecule has 0 saturated heterocycles. The molecular weight excluding hydrogens is 120 g/mol. The van der Waals surface area contributed by atoms with Gasteiger partial charge in [0, 0.05) is 0 Å². The van der Waals surface area contributed by atoms with Crippen LogP contribution in [-0.4, -0.2) is 0 Å². The fourth-order valence-corrected chi connectivity index (χ4v) is 3.05. The highest BCUT2D eigenvalue weighted by Gasteiger charge is 2.42. The van der Waals surface area contributed by atoms with E-state index in [1.54, 1.807) is 19.3 Å². The van der Waals surface area contributed by atoms with E-state index in [2.05, 4.69) is 6.92 Å². The number of rotatable bonds is 2. The molecule has 0 spiro atoms. The van der Waals surface area contributed by atoms with Gasteiger partial charge in [-0.05, 0) is 30.6 Å². The molecule has 0 aromatic rings. The Morgan fingerprint density at radius 2 is 2.20 bits per heavy atom. The first kappa shape index (κ1) is 6.69. The summed E-state index contributed by atoms with van der Waals surface area (Å²) in [5.74, 6) is 3.51. The smallest absolute Gasteiger partial charge is 0.0357 e. The van der Waals surface area contributed by atoms with Crippen molar-refractivity contribution in [3.05, 3.63) is 0 Å². The lowest BCUT2D eigenvalue weighted by atomic mass is 9.65. The molecule has 2 rings (SSSR count). The molecule has 58 valence electrons. The van der Waals surface area contributed by atoms with Gasteiger partial charge in [-0.3, -0.25) is 0 Å². The highest BCUT2D eigenvalue weighted by atomic mass is 14.5. The predicted octanol–water partition coefficient (Wildman–Crippen LogP) is 3.22. The molecule has 2 aliphatic carbocycles. The maximum atomic E-state index is 2.32. The quantitative estimate of drug-likeness (QED) is 0.549. The standard InChI is InChI=1S/C10H18/c1-2-4-8-7-9-5-3-6-10(8)9/h8-10H,2-7H2,1H3/t8?,9-,10+/m1/s1. The number of hydrogen-bond donors (Lipinski definition) is 0. The maximum absolute atomic E-state index is 2.32. The fourth-order valence-electron chi connectivity index (χ4n) is 3.05. The van der Waals surface area contributed by atoms with Crippen molar-refractivity contribution in [3.63, 3.8) is 0 Å². The summed E-state index contributed by atoms with van der Waals surface area (Å²) < 4.78 is 0. The van der Waals surface area contributed by atoms with Gasteiger partial charge in [0.15, 0.2) is 0 Å². The Kier molecular flexibility index (Phi) is 1.71. The highest BCUT2D eigenvalue weighted by Crippen LogP contribution is 2.52. The summed E-state index contributed by atoms with van der Waals surface area (Å²) >= 11 is 0. The Bertz CT molecular complexity index is 117. The van der Waals surface area contributed by atoms with E-state index >= 15 is 0 Å². The summed E-state index contributed by atoms with van der Waals surface area (Å²) in [5, 5.41) is 0. The molecule has 0 heteroatoms. The molecule has 2 fully saturated rings. The Balaban J connectivity index is 1.83. The van der Waals surface area contributed by atoms with Gasteiger partial charge in [-0.25, -0.2) is 0 Å². The normalized spacial score (nSPS) is 44.7. The fraction of sp³-hybridized carbons (Fsp3) is 1.00. The molecule has 2 aliphatic rings. The minimum absolute atomic E-state index is 1.15. The van der Waals surface area contributed by atoms with Crippen molar-refractivity contribution in [2.45, 2.75) is 45.4 Å². The van der Waals surface area contributed by atoms with Crippen LogP contribution in [0.1, 0.15) is 45.4 Å². The molecule has 0 radical (unpaired) electrons. The summed E-state index contributed by atoms with van der Waals surface area (Å²) in [4.78, 5) is 0. The van der Waals surface area contributed by atoms with E-state index in [4.69, 9.17) is 0 Å². The van der Waals surface area contributed by atoms with Crippen LogP contribution in [-0.2, 0) is 0 Å². The van der Waals surface area contributed by atoms with E-state index in [0.29, 0.717) is 0 Å². The molecule has 0 aliphatic heterocycles. The Morgan fingerprint density at radius 1 is 1.30 bits per heavy atom. The maximum Gasteiger partial charge on any atom is -0.0357 e. The van der Waals surface area contributed by atoms with Crippen LogP contribution in [0.4, 0.5) is 0 Å². The molecule has 0 amide bonds. The van der Waals surface area contributed by atoms with Crippen LogP contribution < -0.4 is 0 Å². The van der Waals surface area contributed by atoms with E-state index in [1.807, 2.05) is 0 Å². The minimum atomic E-state index is 1.15. The first-order chi connectivity index (χ1) is 4.92. The molecule has 0 N–H and O–H groups in total. The van der Waals surface area contributed by atoms with E-state index < -0.39 is 0 Å². The first-order valence-corrected chi connectivity index (χ1v) is 4.92. The van der Waals surface area contributed by atoms with Gasteiger partial charge >= 0.3 is 0 Å². The second-order valence-corrected chi connectivity index (χ2v) is 4.14. The summed E-state index contributed by atoms with van der Waals surface area (Å²) in [6, 6.07) is 0. The summed E-state index contributed by atoms with van der Waals surface area (Å²) in [7, 11) is 0. The number of hydrogen-bond acceptors (Lipinski definition) is 0. The minimum Gasteiger partial charge on any atom is -0.0654 e. The molecule has 10 heavy (non-hydrogen) atoms. The zero-order valence-corrected chi connectivity index (χ0v) is 6.97. The van der Waals surface area contributed by atoms with Crippen molar-refractivity contribution < 1.29 is 0 Å². The third-order valence-corrected chi connectivity index (χ3v) is 3.59. The predicted molar refractivity (Wildman–Crippen MR) is 43.8 cm³/mol. The third-order valence-electron chi connectivity index (χ3n) is 3.59. The van der Waals surface area contributed by atoms with Crippen molar-refractivity contribution in [2.24, 2.45) is 17.8 Å². The lowest BCUT2D eigenvalue weighted by molar-refractivity contribution is 0.0943. The van der Waals surface area contributed by atoms with E-state index in [0.717, 1.165) is 5.92 Å². The van der Waals surface area contributed by atoms with Gasteiger partial charge < -0.3 is 0 Å². The van der Waals surface area contributed by atoms with Crippen molar-refractivity contribution in [3.8, 4) is 0 Å². The lowest BCUT2D eigenvalue weighted by Gasteiger charge is -2.40. The van der Waals surface area contributed by atoms with Crippen LogP contribution in [0.3, 0.4) is 0 Å². The Labute approximate surface area is 64.0 Å².